The summed E-state index contributed by atoms with van der Waals surface area (Å²) in [6, 6.07) is 11.0. The first-order valence-corrected chi connectivity index (χ1v) is 7.95. The van der Waals surface area contributed by atoms with Gasteiger partial charge in [-0.05, 0) is 43.0 Å². The molecule has 0 radical (unpaired) electrons. The highest BCUT2D eigenvalue weighted by atomic mass is 16.5. The zero-order chi connectivity index (χ0) is 17.8. The van der Waals surface area contributed by atoms with Crippen molar-refractivity contribution in [1.82, 2.24) is 4.98 Å². The van der Waals surface area contributed by atoms with E-state index in [1.165, 1.54) is 0 Å². The van der Waals surface area contributed by atoms with Gasteiger partial charge in [0, 0.05) is 34.7 Å². The van der Waals surface area contributed by atoms with Crippen LogP contribution in [0.15, 0.2) is 53.7 Å². The molecule has 1 aromatic heterocycles. The molecule has 6 nitrogen and oxygen atoms in total. The molecular weight excluding hydrogens is 320 g/mol. The standard InChI is InChI=1S/C19H18N2O4/c1-25-17-10-7-13(11-20-17)12-5-8-14(9-6-12)21-18(22)15-3-2-4-16(15)19(23)24/h5-11H,2-4H2,1H3,(H,21,22)(H,23,24). The fraction of sp³-hybridized carbons (Fsp3) is 0.211. The van der Waals surface area contributed by atoms with Gasteiger partial charge in [-0.3, -0.25) is 4.79 Å². The molecule has 2 aromatic rings. The smallest absolute Gasteiger partial charge is 0.332 e. The van der Waals surface area contributed by atoms with Gasteiger partial charge >= 0.3 is 5.97 Å². The quantitative estimate of drug-likeness (QED) is 0.873. The molecule has 1 heterocycles. The third kappa shape index (κ3) is 3.68. The second kappa shape index (κ2) is 7.17. The maximum atomic E-state index is 12.3. The van der Waals surface area contributed by atoms with Crippen LogP contribution in [0, 0.1) is 0 Å². The largest absolute Gasteiger partial charge is 0.481 e. The lowest BCUT2D eigenvalue weighted by atomic mass is 10.1. The van der Waals surface area contributed by atoms with Crippen LogP contribution in [-0.4, -0.2) is 29.1 Å². The Morgan fingerprint density at radius 2 is 1.72 bits per heavy atom. The molecule has 1 aliphatic carbocycles. The van der Waals surface area contributed by atoms with Crippen LogP contribution in [0.4, 0.5) is 5.69 Å². The molecule has 2 N–H and O–H groups in total. The summed E-state index contributed by atoms with van der Waals surface area (Å²) in [4.78, 5) is 27.6. The number of carbonyl (C=O) groups is 2. The number of aliphatic carboxylic acids is 1. The third-order valence-electron chi connectivity index (χ3n) is 4.17. The molecule has 128 valence electrons. The molecule has 0 fully saturated rings. The van der Waals surface area contributed by atoms with Crippen molar-refractivity contribution in [3.05, 3.63) is 53.7 Å². The number of pyridine rings is 1. The van der Waals surface area contributed by atoms with Gasteiger partial charge in [-0.1, -0.05) is 12.1 Å². The number of ether oxygens (including phenoxy) is 1. The molecule has 0 aliphatic heterocycles. The van der Waals surface area contributed by atoms with Gasteiger partial charge in [-0.25, -0.2) is 9.78 Å². The maximum absolute atomic E-state index is 12.3. The molecule has 1 aliphatic rings. The van der Waals surface area contributed by atoms with E-state index in [0.29, 0.717) is 36.4 Å². The zero-order valence-corrected chi connectivity index (χ0v) is 13.8. The van der Waals surface area contributed by atoms with Crippen LogP contribution < -0.4 is 10.1 Å². The van der Waals surface area contributed by atoms with E-state index in [1.807, 2.05) is 18.2 Å². The Morgan fingerprint density at radius 3 is 2.32 bits per heavy atom. The van der Waals surface area contributed by atoms with E-state index in [0.717, 1.165) is 11.1 Å². The highest BCUT2D eigenvalue weighted by Crippen LogP contribution is 2.28. The first-order valence-electron chi connectivity index (χ1n) is 7.95. The van der Waals surface area contributed by atoms with E-state index in [-0.39, 0.29) is 11.5 Å². The molecule has 6 heteroatoms. The molecule has 1 amide bonds. The monoisotopic (exact) mass is 338 g/mol. The van der Waals surface area contributed by atoms with Crippen molar-refractivity contribution in [2.24, 2.45) is 0 Å². The molecule has 1 aromatic carbocycles. The van der Waals surface area contributed by atoms with E-state index in [2.05, 4.69) is 10.3 Å². The minimum atomic E-state index is -1.01. The van der Waals surface area contributed by atoms with Crippen molar-refractivity contribution in [2.45, 2.75) is 19.3 Å². The number of amides is 1. The van der Waals surface area contributed by atoms with E-state index in [4.69, 9.17) is 9.84 Å². The second-order valence-corrected chi connectivity index (χ2v) is 5.74. The Morgan fingerprint density at radius 1 is 1.04 bits per heavy atom. The van der Waals surface area contributed by atoms with Gasteiger partial charge in [0.2, 0.25) is 5.88 Å². The number of aromatic nitrogens is 1. The number of nitrogens with zero attached hydrogens (tertiary/aromatic N) is 1. The van der Waals surface area contributed by atoms with Crippen LogP contribution in [0.5, 0.6) is 5.88 Å². The van der Waals surface area contributed by atoms with Crippen molar-refractivity contribution in [2.75, 3.05) is 12.4 Å². The second-order valence-electron chi connectivity index (χ2n) is 5.74. The Labute approximate surface area is 145 Å². The van der Waals surface area contributed by atoms with Crippen LogP contribution in [-0.2, 0) is 9.59 Å². The average molecular weight is 338 g/mol. The average Bonchev–Trinajstić information content (AvgIpc) is 3.13. The molecule has 25 heavy (non-hydrogen) atoms. The summed E-state index contributed by atoms with van der Waals surface area (Å²) in [5.74, 6) is -0.800. The van der Waals surface area contributed by atoms with Gasteiger partial charge in [0.25, 0.3) is 5.91 Å². The van der Waals surface area contributed by atoms with Crippen molar-refractivity contribution in [3.63, 3.8) is 0 Å². The number of carbonyl (C=O) groups excluding carboxylic acids is 1. The SMILES string of the molecule is COc1ccc(-c2ccc(NC(=O)C3=C(C(=O)O)CCC3)cc2)cn1. The molecule has 3 rings (SSSR count). The third-order valence-corrected chi connectivity index (χ3v) is 4.17. The Bertz CT molecular complexity index is 824. The fourth-order valence-electron chi connectivity index (χ4n) is 2.85. The van der Waals surface area contributed by atoms with Gasteiger partial charge in [-0.2, -0.15) is 0 Å². The summed E-state index contributed by atoms with van der Waals surface area (Å²) >= 11 is 0. The maximum Gasteiger partial charge on any atom is 0.332 e. The summed E-state index contributed by atoms with van der Waals surface area (Å²) in [6.07, 6.45) is 3.37. The van der Waals surface area contributed by atoms with Crippen molar-refractivity contribution < 1.29 is 19.4 Å². The Hall–Kier alpha value is -3.15. The summed E-state index contributed by atoms with van der Waals surface area (Å²) in [7, 11) is 1.56. The number of anilines is 1. The highest BCUT2D eigenvalue weighted by molar-refractivity contribution is 6.09. The van der Waals surface area contributed by atoms with Crippen molar-refractivity contribution in [1.29, 1.82) is 0 Å². The predicted molar refractivity (Wildman–Crippen MR) is 93.4 cm³/mol. The molecule has 0 saturated heterocycles. The van der Waals surface area contributed by atoms with E-state index in [1.54, 1.807) is 31.5 Å². The summed E-state index contributed by atoms with van der Waals surface area (Å²) in [5.41, 5.74) is 3.11. The number of benzene rings is 1. The molecule has 0 unspecified atom stereocenters. The van der Waals surface area contributed by atoms with Crippen LogP contribution in [0.2, 0.25) is 0 Å². The highest BCUT2D eigenvalue weighted by Gasteiger charge is 2.25. The van der Waals surface area contributed by atoms with Gasteiger partial charge in [-0.15, -0.1) is 0 Å². The normalized spacial score (nSPS) is 13.6. The molecular formula is C19H18N2O4. The van der Waals surface area contributed by atoms with Crippen LogP contribution >= 0.6 is 0 Å². The first kappa shape index (κ1) is 16.7. The Balaban J connectivity index is 1.73. The number of rotatable bonds is 5. The number of nitrogens with one attached hydrogen (secondary N) is 1. The Kier molecular flexibility index (Phi) is 4.79. The lowest BCUT2D eigenvalue weighted by molar-refractivity contribution is -0.133. The topological polar surface area (TPSA) is 88.5 Å². The predicted octanol–water partition coefficient (Wildman–Crippen LogP) is 3.26. The number of hydrogen-bond acceptors (Lipinski definition) is 4. The van der Waals surface area contributed by atoms with Gasteiger partial charge in [0.1, 0.15) is 0 Å². The lowest BCUT2D eigenvalue weighted by Crippen LogP contribution is -2.16. The van der Waals surface area contributed by atoms with Gasteiger partial charge in [0.05, 0.1) is 7.11 Å². The van der Waals surface area contributed by atoms with Crippen LogP contribution in [0.1, 0.15) is 19.3 Å². The zero-order valence-electron chi connectivity index (χ0n) is 13.8. The van der Waals surface area contributed by atoms with E-state index < -0.39 is 5.97 Å². The molecule has 0 spiro atoms. The number of carboxylic acid groups (broad SMARTS) is 1. The number of carboxylic acids is 1. The van der Waals surface area contributed by atoms with Crippen molar-refractivity contribution >= 4 is 17.6 Å². The van der Waals surface area contributed by atoms with Crippen LogP contribution in [0.25, 0.3) is 11.1 Å². The molecule has 0 bridgehead atoms. The van der Waals surface area contributed by atoms with Gasteiger partial charge < -0.3 is 15.2 Å². The molecule has 0 saturated carbocycles. The van der Waals surface area contributed by atoms with E-state index >= 15 is 0 Å². The van der Waals surface area contributed by atoms with Crippen LogP contribution in [0.3, 0.4) is 0 Å². The molecule has 0 atom stereocenters. The number of hydrogen-bond donors (Lipinski definition) is 2. The van der Waals surface area contributed by atoms with E-state index in [9.17, 15) is 9.59 Å². The summed E-state index contributed by atoms with van der Waals surface area (Å²) in [6.45, 7) is 0. The number of methoxy groups -OCH3 is 1. The first-order chi connectivity index (χ1) is 12.1. The fourth-order valence-corrected chi connectivity index (χ4v) is 2.85. The minimum Gasteiger partial charge on any atom is -0.481 e. The van der Waals surface area contributed by atoms with Gasteiger partial charge in [0.15, 0.2) is 0 Å². The summed E-state index contributed by atoms with van der Waals surface area (Å²) < 4.78 is 5.04. The minimum absolute atomic E-state index is 0.221. The summed E-state index contributed by atoms with van der Waals surface area (Å²) in [5, 5.41) is 11.9. The van der Waals surface area contributed by atoms with Crippen molar-refractivity contribution in [3.8, 4) is 17.0 Å². The lowest BCUT2D eigenvalue weighted by Gasteiger charge is -2.08.